The van der Waals surface area contributed by atoms with Crippen LogP contribution in [-0.2, 0) is 6.42 Å². The van der Waals surface area contributed by atoms with E-state index in [0.29, 0.717) is 0 Å². The first-order chi connectivity index (χ1) is 34.7. The third kappa shape index (κ3) is 5.96. The van der Waals surface area contributed by atoms with Crippen molar-refractivity contribution in [3.63, 3.8) is 0 Å². The van der Waals surface area contributed by atoms with Crippen molar-refractivity contribution in [3.8, 4) is 55.9 Å². The molecular formula is C66H42N2O2. The Hall–Kier alpha value is -9.12. The van der Waals surface area contributed by atoms with Gasteiger partial charge in [-0.1, -0.05) is 140 Å². The summed E-state index contributed by atoms with van der Waals surface area (Å²) in [6, 6.07) is 79.0. The summed E-state index contributed by atoms with van der Waals surface area (Å²) in [5, 5.41) is 8.19. The van der Waals surface area contributed by atoms with E-state index >= 15 is 0 Å². The Morgan fingerprint density at radius 1 is 0.329 bits per heavy atom. The van der Waals surface area contributed by atoms with E-state index in [9.17, 15) is 0 Å². The van der Waals surface area contributed by atoms with Crippen LogP contribution in [0.1, 0.15) is 17.7 Å². The van der Waals surface area contributed by atoms with Gasteiger partial charge in [-0.2, -0.15) is 0 Å². The Morgan fingerprint density at radius 2 is 0.829 bits per heavy atom. The van der Waals surface area contributed by atoms with E-state index in [1.165, 1.54) is 60.7 Å². The minimum Gasteiger partial charge on any atom is -0.456 e. The number of rotatable bonds is 6. The molecule has 0 spiro atoms. The third-order valence-electron chi connectivity index (χ3n) is 14.8. The first-order valence-corrected chi connectivity index (χ1v) is 24.2. The Labute approximate surface area is 403 Å². The lowest BCUT2D eigenvalue weighted by Crippen LogP contribution is -2.03. The third-order valence-corrected chi connectivity index (χ3v) is 14.8. The molecule has 328 valence electrons. The average Bonchev–Trinajstić information content (AvgIpc) is 4.18. The molecule has 1 aliphatic rings. The monoisotopic (exact) mass is 894 g/mol. The second-order valence-electron chi connectivity index (χ2n) is 18.7. The quantitative estimate of drug-likeness (QED) is 0.167. The summed E-state index contributed by atoms with van der Waals surface area (Å²) in [7, 11) is 0. The number of aromatic nitrogens is 2. The molecule has 14 aromatic rings. The highest BCUT2D eigenvalue weighted by Gasteiger charge is 2.23. The molecule has 4 heteroatoms. The van der Waals surface area contributed by atoms with Crippen LogP contribution in [0.3, 0.4) is 0 Å². The lowest BCUT2D eigenvalue weighted by atomic mass is 9.96. The first kappa shape index (κ1) is 38.9. The molecular weight excluding hydrogens is 853 g/mol. The Kier molecular flexibility index (Phi) is 8.45. The Balaban J connectivity index is 0.790. The largest absolute Gasteiger partial charge is 0.456 e. The van der Waals surface area contributed by atoms with Gasteiger partial charge >= 0.3 is 0 Å². The van der Waals surface area contributed by atoms with Gasteiger partial charge in [0, 0.05) is 54.6 Å². The maximum atomic E-state index is 6.83. The zero-order chi connectivity index (χ0) is 45.9. The number of benzene rings is 10. The molecule has 0 radical (unpaired) electrons. The molecule has 0 saturated heterocycles. The van der Waals surface area contributed by atoms with Gasteiger partial charge in [0.1, 0.15) is 16.7 Å². The van der Waals surface area contributed by atoms with Crippen LogP contribution in [0.5, 0.6) is 0 Å². The summed E-state index contributed by atoms with van der Waals surface area (Å²) in [6.45, 7) is 0. The van der Waals surface area contributed by atoms with Crippen molar-refractivity contribution in [2.45, 2.75) is 12.8 Å². The number of para-hydroxylation sites is 3. The van der Waals surface area contributed by atoms with Crippen LogP contribution in [0.25, 0.3) is 139 Å². The Morgan fingerprint density at radius 3 is 1.54 bits per heavy atom. The van der Waals surface area contributed by atoms with E-state index in [1.807, 2.05) is 0 Å². The van der Waals surface area contributed by atoms with Crippen LogP contribution < -0.4 is 0 Å². The van der Waals surface area contributed by atoms with Crippen molar-refractivity contribution in [1.82, 2.24) is 9.13 Å². The number of fused-ring (bicyclic) bond motifs is 12. The molecule has 4 nitrogen and oxygen atoms in total. The highest BCUT2D eigenvalue weighted by atomic mass is 16.3. The van der Waals surface area contributed by atoms with E-state index in [1.54, 1.807) is 0 Å². The van der Waals surface area contributed by atoms with Crippen molar-refractivity contribution >= 4 is 82.7 Å². The van der Waals surface area contributed by atoms with Crippen molar-refractivity contribution < 1.29 is 8.83 Å². The summed E-state index contributed by atoms with van der Waals surface area (Å²) in [6.07, 6.45) is 6.61. The maximum Gasteiger partial charge on any atom is 0.159 e. The molecule has 15 rings (SSSR count). The van der Waals surface area contributed by atoms with Gasteiger partial charge in [-0.25, -0.2) is 0 Å². The minimum absolute atomic E-state index is 0.881. The van der Waals surface area contributed by atoms with Crippen LogP contribution in [0.2, 0.25) is 0 Å². The van der Waals surface area contributed by atoms with Gasteiger partial charge in [0.15, 0.2) is 5.58 Å². The molecule has 70 heavy (non-hydrogen) atoms. The molecule has 0 fully saturated rings. The van der Waals surface area contributed by atoms with Crippen LogP contribution in [0.15, 0.2) is 233 Å². The number of nitrogens with zero attached hydrogens (tertiary/aromatic N) is 2. The van der Waals surface area contributed by atoms with Gasteiger partial charge in [0.05, 0.1) is 22.2 Å². The van der Waals surface area contributed by atoms with Crippen LogP contribution in [0.4, 0.5) is 0 Å². The van der Waals surface area contributed by atoms with Crippen LogP contribution in [-0.4, -0.2) is 9.13 Å². The molecule has 10 aromatic carbocycles. The molecule has 0 N–H and O–H groups in total. The van der Waals surface area contributed by atoms with E-state index < -0.39 is 0 Å². The lowest BCUT2D eigenvalue weighted by molar-refractivity contribution is 0.664. The zero-order valence-electron chi connectivity index (χ0n) is 38.1. The van der Waals surface area contributed by atoms with Crippen molar-refractivity contribution in [2.24, 2.45) is 0 Å². The molecule has 4 heterocycles. The van der Waals surface area contributed by atoms with E-state index in [4.69, 9.17) is 8.83 Å². The normalized spacial score (nSPS) is 12.7. The fourth-order valence-corrected chi connectivity index (χ4v) is 11.5. The summed E-state index contributed by atoms with van der Waals surface area (Å²) >= 11 is 0. The lowest BCUT2D eigenvalue weighted by Gasteiger charge is -2.13. The number of hydrogen-bond acceptors (Lipinski definition) is 2. The van der Waals surface area contributed by atoms with Gasteiger partial charge in [-0.05, 0) is 148 Å². The van der Waals surface area contributed by atoms with Gasteiger partial charge in [0.25, 0.3) is 0 Å². The summed E-state index contributed by atoms with van der Waals surface area (Å²) in [4.78, 5) is 0. The second kappa shape index (κ2) is 15.2. The fraction of sp³-hybridized carbons (Fsp3) is 0.0303. The molecule has 4 aromatic heterocycles. The molecule has 1 aliphatic carbocycles. The number of allylic oxidation sites excluding steroid dienone is 1. The van der Waals surface area contributed by atoms with Crippen LogP contribution >= 0.6 is 0 Å². The first-order valence-electron chi connectivity index (χ1n) is 24.2. The summed E-state index contributed by atoms with van der Waals surface area (Å²) < 4.78 is 18.1. The highest BCUT2D eigenvalue weighted by molar-refractivity contribution is 6.13. The highest BCUT2D eigenvalue weighted by Crippen LogP contribution is 2.43. The maximum absolute atomic E-state index is 6.83. The number of hydrogen-bond donors (Lipinski definition) is 0. The number of furan rings is 2. The average molecular weight is 895 g/mol. The Bertz CT molecular complexity index is 4460. The van der Waals surface area contributed by atoms with Gasteiger partial charge < -0.3 is 18.0 Å². The van der Waals surface area contributed by atoms with E-state index in [0.717, 1.165) is 95.9 Å². The molecule has 0 atom stereocenters. The molecule has 0 bridgehead atoms. The fourth-order valence-electron chi connectivity index (χ4n) is 11.5. The standard InChI is InChI=1S/C66H42N2O2/c1-3-13-41(14-4-1)44-25-31-61-54(36-44)51-20-8-10-23-59(51)68(61)62-24-12-21-52-55-38-46(29-34-65(55)70-66(52)62)42-15-11-16-43(35-42)47-27-32-63-56(39-47)57-40-48(28-33-64(57)69-63)45-26-30-60-53(37-45)50-19-7-9-22-58(50)67(60)49-17-5-2-6-18-49/h1-9,11-22,24-40H,10,23H2. The molecule has 0 saturated carbocycles. The zero-order valence-corrected chi connectivity index (χ0v) is 38.1. The molecule has 0 aliphatic heterocycles. The SMILES string of the molecule is C1=Cc2c(n(-c3cccc4c3oc3ccc(-c5cccc(-c6ccc7oc8ccc(-c9ccc%10c(c9)c9ccccc9n%10-c9ccccc9)cc8c7c6)c5)cc34)c3ccc(-c4ccccc4)cc23)CC1. The van der Waals surface area contributed by atoms with Crippen LogP contribution in [0, 0.1) is 0 Å². The molecule has 0 unspecified atom stereocenters. The van der Waals surface area contributed by atoms with Crippen molar-refractivity contribution in [3.05, 3.63) is 236 Å². The van der Waals surface area contributed by atoms with Crippen molar-refractivity contribution in [2.75, 3.05) is 0 Å². The molecule has 0 amide bonds. The van der Waals surface area contributed by atoms with Gasteiger partial charge in [-0.15, -0.1) is 0 Å². The van der Waals surface area contributed by atoms with Gasteiger partial charge in [-0.3, -0.25) is 0 Å². The summed E-state index contributed by atoms with van der Waals surface area (Å²) in [5.41, 5.74) is 21.4. The topological polar surface area (TPSA) is 36.1 Å². The smallest absolute Gasteiger partial charge is 0.159 e. The van der Waals surface area contributed by atoms with Gasteiger partial charge in [0.2, 0.25) is 0 Å². The minimum atomic E-state index is 0.881. The van der Waals surface area contributed by atoms with E-state index in [-0.39, 0.29) is 0 Å². The predicted molar refractivity (Wildman–Crippen MR) is 291 cm³/mol. The van der Waals surface area contributed by atoms with E-state index in [2.05, 4.69) is 240 Å². The van der Waals surface area contributed by atoms with Crippen molar-refractivity contribution in [1.29, 1.82) is 0 Å². The second-order valence-corrected chi connectivity index (χ2v) is 18.7. The summed E-state index contributed by atoms with van der Waals surface area (Å²) in [5.74, 6) is 0. The predicted octanol–water partition coefficient (Wildman–Crippen LogP) is 18.2.